The Morgan fingerprint density at radius 3 is 2.44 bits per heavy atom. The Hall–Kier alpha value is -2.64. The van der Waals surface area contributed by atoms with Gasteiger partial charge in [0.15, 0.2) is 0 Å². The second-order valence-electron chi connectivity index (χ2n) is 6.14. The molecule has 0 bridgehead atoms. The molecule has 1 N–H and O–H groups in total. The van der Waals surface area contributed by atoms with Gasteiger partial charge in [-0.3, -0.25) is 14.4 Å². The number of carbonyl (C=O) groups is 3. The first-order valence-electron chi connectivity index (χ1n) is 8.59. The van der Waals surface area contributed by atoms with E-state index in [0.29, 0.717) is 11.4 Å². The van der Waals surface area contributed by atoms with Crippen molar-refractivity contribution in [2.75, 3.05) is 23.0 Å². The highest BCUT2D eigenvalue weighted by Crippen LogP contribution is 2.35. The second-order valence-corrected chi connectivity index (χ2v) is 7.30. The van der Waals surface area contributed by atoms with Gasteiger partial charge in [-0.1, -0.05) is 36.4 Å². The molecule has 7 heteroatoms. The molecule has 0 aromatic heterocycles. The fourth-order valence-corrected chi connectivity index (χ4v) is 3.96. The molecule has 3 amide bonds. The molecule has 1 heterocycles. The molecule has 0 radical (unpaired) electrons. The van der Waals surface area contributed by atoms with Gasteiger partial charge < -0.3 is 10.0 Å². The molecule has 0 aliphatic carbocycles. The van der Waals surface area contributed by atoms with Gasteiger partial charge >= 0.3 is 0 Å². The van der Waals surface area contributed by atoms with E-state index in [4.69, 9.17) is 0 Å². The van der Waals surface area contributed by atoms with Gasteiger partial charge in [0.2, 0.25) is 11.8 Å². The van der Waals surface area contributed by atoms with Crippen LogP contribution in [0.4, 0.5) is 16.2 Å². The third-order valence-electron chi connectivity index (χ3n) is 4.33. The molecule has 2 aromatic carbocycles. The lowest BCUT2D eigenvalue weighted by atomic mass is 10.1. The van der Waals surface area contributed by atoms with Gasteiger partial charge in [-0.25, -0.2) is 4.90 Å². The SMILES string of the molecule is Cc1ccccc1N1C(=O)SC(CC(=O)N(CCO)c2ccccc2)C1=O. The number of hydrogen-bond donors (Lipinski definition) is 1. The van der Waals surface area contributed by atoms with Gasteiger partial charge in [-0.05, 0) is 42.4 Å². The van der Waals surface area contributed by atoms with Crippen LogP contribution in [0.3, 0.4) is 0 Å². The van der Waals surface area contributed by atoms with Crippen molar-refractivity contribution in [3.8, 4) is 0 Å². The van der Waals surface area contributed by atoms with Gasteiger partial charge in [0.25, 0.3) is 5.24 Å². The van der Waals surface area contributed by atoms with Crippen LogP contribution in [0.1, 0.15) is 12.0 Å². The van der Waals surface area contributed by atoms with Crippen molar-refractivity contribution in [1.82, 2.24) is 0 Å². The summed E-state index contributed by atoms with van der Waals surface area (Å²) in [4.78, 5) is 40.5. The smallest absolute Gasteiger partial charge is 0.293 e. The van der Waals surface area contributed by atoms with Crippen molar-refractivity contribution in [2.24, 2.45) is 0 Å². The summed E-state index contributed by atoms with van der Waals surface area (Å²) in [7, 11) is 0. The van der Waals surface area contributed by atoms with Gasteiger partial charge in [-0.15, -0.1) is 0 Å². The molecule has 1 saturated heterocycles. The molecular formula is C20H20N2O4S. The maximum Gasteiger partial charge on any atom is 0.293 e. The molecule has 6 nitrogen and oxygen atoms in total. The molecule has 140 valence electrons. The molecule has 27 heavy (non-hydrogen) atoms. The number of para-hydroxylation sites is 2. The molecule has 1 aliphatic rings. The summed E-state index contributed by atoms with van der Waals surface area (Å²) in [5.41, 5.74) is 2.01. The van der Waals surface area contributed by atoms with Gasteiger partial charge in [0.1, 0.15) is 5.25 Å². The van der Waals surface area contributed by atoms with Crippen LogP contribution in [0, 0.1) is 6.92 Å². The number of carbonyl (C=O) groups excluding carboxylic acids is 3. The Morgan fingerprint density at radius 2 is 1.78 bits per heavy atom. The lowest BCUT2D eigenvalue weighted by Crippen LogP contribution is -2.38. The minimum Gasteiger partial charge on any atom is -0.395 e. The highest BCUT2D eigenvalue weighted by atomic mass is 32.2. The molecule has 0 saturated carbocycles. The van der Waals surface area contributed by atoms with Crippen LogP contribution in [0.25, 0.3) is 0 Å². The van der Waals surface area contributed by atoms with E-state index in [9.17, 15) is 19.5 Å². The molecule has 2 aromatic rings. The van der Waals surface area contributed by atoms with E-state index in [1.54, 1.807) is 36.4 Å². The van der Waals surface area contributed by atoms with Crippen molar-refractivity contribution < 1.29 is 19.5 Å². The highest BCUT2D eigenvalue weighted by Gasteiger charge is 2.42. The quantitative estimate of drug-likeness (QED) is 0.828. The number of aryl methyl sites for hydroxylation is 1. The standard InChI is InChI=1S/C20H20N2O4S/c1-14-7-5-6-10-16(14)22-19(25)17(27-20(22)26)13-18(24)21(11-12-23)15-8-3-2-4-9-15/h2-10,17,23H,11-13H2,1H3. The number of anilines is 2. The average molecular weight is 384 g/mol. The minimum absolute atomic E-state index is 0.105. The fraction of sp³-hybridized carbons (Fsp3) is 0.250. The summed E-state index contributed by atoms with van der Waals surface area (Å²) in [5.74, 6) is -0.690. The first kappa shape index (κ1) is 19.1. The average Bonchev–Trinajstić information content (AvgIpc) is 2.94. The molecule has 1 fully saturated rings. The number of benzene rings is 2. The Labute approximate surface area is 161 Å². The first-order chi connectivity index (χ1) is 13.0. The normalized spacial score (nSPS) is 16.7. The van der Waals surface area contributed by atoms with E-state index in [0.717, 1.165) is 22.2 Å². The molecular weight excluding hydrogens is 364 g/mol. The monoisotopic (exact) mass is 384 g/mol. The van der Waals surface area contributed by atoms with E-state index in [1.807, 2.05) is 25.1 Å². The zero-order chi connectivity index (χ0) is 19.4. The number of aliphatic hydroxyl groups excluding tert-OH is 1. The van der Waals surface area contributed by atoms with Crippen molar-refractivity contribution >= 4 is 40.2 Å². The van der Waals surface area contributed by atoms with E-state index < -0.39 is 5.25 Å². The lowest BCUT2D eigenvalue weighted by molar-refractivity contribution is -0.122. The number of hydrogen-bond acceptors (Lipinski definition) is 5. The maximum atomic E-state index is 12.8. The summed E-state index contributed by atoms with van der Waals surface area (Å²) in [6.45, 7) is 1.77. The van der Waals surface area contributed by atoms with E-state index in [-0.39, 0.29) is 36.6 Å². The van der Waals surface area contributed by atoms with Crippen LogP contribution in [0.2, 0.25) is 0 Å². The maximum absolute atomic E-state index is 12.8. The molecule has 1 unspecified atom stereocenters. The fourth-order valence-electron chi connectivity index (χ4n) is 2.99. The number of aliphatic hydroxyl groups is 1. The van der Waals surface area contributed by atoms with Crippen LogP contribution in [-0.4, -0.2) is 40.6 Å². The second kappa shape index (κ2) is 8.37. The van der Waals surface area contributed by atoms with Crippen LogP contribution >= 0.6 is 11.8 Å². The summed E-state index contributed by atoms with van der Waals surface area (Å²) in [6, 6.07) is 16.1. The van der Waals surface area contributed by atoms with Crippen molar-refractivity contribution in [1.29, 1.82) is 0 Å². The molecule has 3 rings (SSSR count). The predicted molar refractivity (Wildman–Crippen MR) is 106 cm³/mol. The van der Waals surface area contributed by atoms with Crippen molar-refractivity contribution in [3.05, 3.63) is 60.2 Å². The Balaban J connectivity index is 1.77. The Morgan fingerprint density at radius 1 is 1.11 bits per heavy atom. The van der Waals surface area contributed by atoms with Crippen molar-refractivity contribution in [3.63, 3.8) is 0 Å². The summed E-state index contributed by atoms with van der Waals surface area (Å²) < 4.78 is 0. The molecule has 1 aliphatic heterocycles. The Kier molecular flexibility index (Phi) is 5.93. The zero-order valence-corrected chi connectivity index (χ0v) is 15.7. The topological polar surface area (TPSA) is 77.9 Å². The van der Waals surface area contributed by atoms with Crippen LogP contribution in [0.5, 0.6) is 0 Å². The third kappa shape index (κ3) is 4.04. The van der Waals surface area contributed by atoms with Crippen molar-refractivity contribution in [2.45, 2.75) is 18.6 Å². The number of nitrogens with zero attached hydrogens (tertiary/aromatic N) is 2. The summed E-state index contributed by atoms with van der Waals surface area (Å²) in [6.07, 6.45) is -0.105. The predicted octanol–water partition coefficient (Wildman–Crippen LogP) is 2.98. The number of rotatable bonds is 6. The van der Waals surface area contributed by atoms with Gasteiger partial charge in [0.05, 0.1) is 12.3 Å². The number of imide groups is 1. The van der Waals surface area contributed by atoms with Crippen LogP contribution in [-0.2, 0) is 9.59 Å². The van der Waals surface area contributed by atoms with E-state index in [2.05, 4.69) is 0 Å². The third-order valence-corrected chi connectivity index (χ3v) is 5.37. The summed E-state index contributed by atoms with van der Waals surface area (Å²) in [5, 5.41) is 8.15. The van der Waals surface area contributed by atoms with Gasteiger partial charge in [0, 0.05) is 18.7 Å². The largest absolute Gasteiger partial charge is 0.395 e. The Bertz CT molecular complexity index is 856. The summed E-state index contributed by atoms with van der Waals surface area (Å²) >= 11 is 0.872. The first-order valence-corrected chi connectivity index (χ1v) is 9.47. The van der Waals surface area contributed by atoms with Crippen LogP contribution in [0.15, 0.2) is 54.6 Å². The number of amides is 3. The number of thioether (sulfide) groups is 1. The minimum atomic E-state index is -0.769. The lowest BCUT2D eigenvalue weighted by Gasteiger charge is -2.23. The van der Waals surface area contributed by atoms with Crippen LogP contribution < -0.4 is 9.80 Å². The zero-order valence-electron chi connectivity index (χ0n) is 14.9. The van der Waals surface area contributed by atoms with Gasteiger partial charge in [-0.2, -0.15) is 0 Å². The van der Waals surface area contributed by atoms with E-state index >= 15 is 0 Å². The van der Waals surface area contributed by atoms with E-state index in [1.165, 1.54) is 4.90 Å². The molecule has 0 spiro atoms. The highest BCUT2D eigenvalue weighted by molar-refractivity contribution is 8.15. The molecule has 1 atom stereocenters.